The van der Waals surface area contributed by atoms with Gasteiger partial charge in [-0.3, -0.25) is 0 Å². The fraction of sp³-hybridized carbons (Fsp3) is 0.364. The summed E-state index contributed by atoms with van der Waals surface area (Å²) in [5.41, 5.74) is 6.29. The molecule has 0 aliphatic carbocycles. The van der Waals surface area contributed by atoms with Gasteiger partial charge in [0.15, 0.2) is 0 Å². The fourth-order valence-corrected chi connectivity index (χ4v) is 1.34. The lowest BCUT2D eigenvalue weighted by molar-refractivity contribution is 0.469. The van der Waals surface area contributed by atoms with Gasteiger partial charge in [-0.25, -0.2) is 4.39 Å². The van der Waals surface area contributed by atoms with Gasteiger partial charge < -0.3 is 5.73 Å². The lowest BCUT2D eigenvalue weighted by Crippen LogP contribution is -2.33. The molecule has 1 atom stereocenters. The van der Waals surface area contributed by atoms with E-state index in [4.69, 9.17) is 11.0 Å². The predicted octanol–water partition coefficient (Wildman–Crippen LogP) is 2.22. The smallest absolute Gasteiger partial charge is 0.128 e. The van der Waals surface area contributed by atoms with Crippen molar-refractivity contribution < 1.29 is 4.39 Å². The number of hydrogen-bond donors (Lipinski definition) is 1. The Bertz CT molecular complexity index is 377. The Kier molecular flexibility index (Phi) is 2.87. The highest BCUT2D eigenvalue weighted by Gasteiger charge is 2.24. The molecule has 3 heteroatoms. The third-order valence-corrected chi connectivity index (χ3v) is 2.18. The van der Waals surface area contributed by atoms with Crippen LogP contribution in [-0.4, -0.2) is 0 Å². The van der Waals surface area contributed by atoms with E-state index in [1.807, 2.05) is 13.0 Å². The summed E-state index contributed by atoms with van der Waals surface area (Å²) in [7, 11) is 0. The molecule has 0 bridgehead atoms. The van der Waals surface area contributed by atoms with E-state index >= 15 is 0 Å². The van der Waals surface area contributed by atoms with Crippen LogP contribution in [0.5, 0.6) is 0 Å². The molecule has 0 aliphatic rings. The second kappa shape index (κ2) is 3.77. The maximum absolute atomic E-state index is 13.4. The number of nitrogens with two attached hydrogens (primary N) is 1. The van der Waals surface area contributed by atoms with Gasteiger partial charge in [-0.2, -0.15) is 5.26 Å². The molecule has 0 spiro atoms. The molecule has 2 nitrogen and oxygen atoms in total. The van der Waals surface area contributed by atoms with Gasteiger partial charge in [-0.05, 0) is 19.9 Å². The molecule has 0 aliphatic heterocycles. The molecule has 0 aromatic heterocycles. The second-order valence-electron chi connectivity index (χ2n) is 3.74. The van der Waals surface area contributed by atoms with Crippen LogP contribution in [0.1, 0.15) is 24.5 Å². The normalized spacial score (nSPS) is 14.5. The molecule has 2 N–H and O–H groups in total. The first-order chi connectivity index (χ1) is 6.47. The molecule has 0 radical (unpaired) electrons. The van der Waals surface area contributed by atoms with Crippen LogP contribution in [0.2, 0.25) is 0 Å². The van der Waals surface area contributed by atoms with E-state index in [1.54, 1.807) is 19.1 Å². The van der Waals surface area contributed by atoms with Crippen LogP contribution >= 0.6 is 0 Å². The van der Waals surface area contributed by atoms with Crippen molar-refractivity contribution in [2.75, 3.05) is 0 Å². The first-order valence-electron chi connectivity index (χ1n) is 4.40. The average Bonchev–Trinajstić information content (AvgIpc) is 2.09. The van der Waals surface area contributed by atoms with Gasteiger partial charge in [-0.15, -0.1) is 0 Å². The van der Waals surface area contributed by atoms with E-state index in [1.165, 1.54) is 6.07 Å². The Morgan fingerprint density at radius 3 is 2.79 bits per heavy atom. The second-order valence-corrected chi connectivity index (χ2v) is 3.74. The lowest BCUT2D eigenvalue weighted by Gasteiger charge is -2.22. The van der Waals surface area contributed by atoms with E-state index in [2.05, 4.69) is 0 Å². The van der Waals surface area contributed by atoms with Crippen LogP contribution in [0.25, 0.3) is 0 Å². The van der Waals surface area contributed by atoms with Crippen LogP contribution in [-0.2, 0) is 5.54 Å². The van der Waals surface area contributed by atoms with Crippen LogP contribution in [0, 0.1) is 24.1 Å². The molecule has 14 heavy (non-hydrogen) atoms. The average molecular weight is 192 g/mol. The number of rotatable bonds is 2. The molecule has 1 aromatic carbocycles. The molecule has 0 saturated carbocycles. The molecular formula is C11H13FN2. The number of benzene rings is 1. The Labute approximate surface area is 83.2 Å². The highest BCUT2D eigenvalue weighted by Crippen LogP contribution is 2.24. The monoisotopic (exact) mass is 192 g/mol. The van der Waals surface area contributed by atoms with Crippen molar-refractivity contribution in [2.24, 2.45) is 5.73 Å². The summed E-state index contributed by atoms with van der Waals surface area (Å²) in [4.78, 5) is 0. The summed E-state index contributed by atoms with van der Waals surface area (Å²) in [6.07, 6.45) is 0.105. The van der Waals surface area contributed by atoms with Crippen LogP contribution in [0.15, 0.2) is 18.2 Å². The van der Waals surface area contributed by atoms with Crippen molar-refractivity contribution in [1.29, 1.82) is 5.26 Å². The number of nitrogens with zero attached hydrogens (tertiary/aromatic N) is 1. The summed E-state index contributed by atoms with van der Waals surface area (Å²) in [5.74, 6) is -0.351. The molecule has 0 heterocycles. The van der Waals surface area contributed by atoms with Crippen molar-refractivity contribution in [2.45, 2.75) is 25.8 Å². The van der Waals surface area contributed by atoms with Gasteiger partial charge in [0.05, 0.1) is 18.0 Å². The molecule has 0 saturated heterocycles. The largest absolute Gasteiger partial charge is 0.321 e. The predicted molar refractivity (Wildman–Crippen MR) is 52.9 cm³/mol. The lowest BCUT2D eigenvalue weighted by atomic mass is 9.89. The summed E-state index contributed by atoms with van der Waals surface area (Å²) < 4.78 is 13.4. The number of nitriles is 1. The van der Waals surface area contributed by atoms with E-state index < -0.39 is 5.54 Å². The zero-order valence-corrected chi connectivity index (χ0v) is 8.34. The van der Waals surface area contributed by atoms with Gasteiger partial charge in [0.2, 0.25) is 0 Å². The Balaban J connectivity index is 3.18. The third-order valence-electron chi connectivity index (χ3n) is 2.18. The maximum atomic E-state index is 13.4. The first kappa shape index (κ1) is 10.7. The summed E-state index contributed by atoms with van der Waals surface area (Å²) in [5, 5.41) is 8.57. The van der Waals surface area contributed by atoms with Crippen molar-refractivity contribution in [3.63, 3.8) is 0 Å². The van der Waals surface area contributed by atoms with Gasteiger partial charge in [-0.1, -0.05) is 17.7 Å². The summed E-state index contributed by atoms with van der Waals surface area (Å²) in [6.45, 7) is 3.53. The van der Waals surface area contributed by atoms with Crippen LogP contribution < -0.4 is 5.73 Å². The number of hydrogen-bond acceptors (Lipinski definition) is 2. The SMILES string of the molecule is Cc1ccc(F)c([C@](C)(N)CC#N)c1. The summed E-state index contributed by atoms with van der Waals surface area (Å²) in [6, 6.07) is 6.71. The highest BCUT2D eigenvalue weighted by atomic mass is 19.1. The van der Waals surface area contributed by atoms with Gasteiger partial charge >= 0.3 is 0 Å². The molecule has 0 amide bonds. The molecule has 1 aromatic rings. The van der Waals surface area contributed by atoms with Gasteiger partial charge in [0, 0.05) is 5.56 Å². The third kappa shape index (κ3) is 2.09. The first-order valence-corrected chi connectivity index (χ1v) is 4.40. The quantitative estimate of drug-likeness (QED) is 0.781. The van der Waals surface area contributed by atoms with E-state index in [9.17, 15) is 4.39 Å². The maximum Gasteiger partial charge on any atom is 0.128 e. The highest BCUT2D eigenvalue weighted by molar-refractivity contribution is 5.30. The fourth-order valence-electron chi connectivity index (χ4n) is 1.34. The number of halogens is 1. The molecular weight excluding hydrogens is 179 g/mol. The summed E-state index contributed by atoms with van der Waals surface area (Å²) >= 11 is 0. The minimum atomic E-state index is -0.912. The minimum absolute atomic E-state index is 0.105. The Hall–Kier alpha value is -1.40. The minimum Gasteiger partial charge on any atom is -0.321 e. The Morgan fingerprint density at radius 1 is 1.57 bits per heavy atom. The topological polar surface area (TPSA) is 49.8 Å². The number of aryl methyl sites for hydroxylation is 1. The van der Waals surface area contributed by atoms with Crippen LogP contribution in [0.4, 0.5) is 4.39 Å². The Morgan fingerprint density at radius 2 is 2.21 bits per heavy atom. The van der Waals surface area contributed by atoms with Crippen molar-refractivity contribution in [1.82, 2.24) is 0 Å². The van der Waals surface area contributed by atoms with Crippen LogP contribution in [0.3, 0.4) is 0 Å². The standard InChI is InChI=1S/C11H13FN2/c1-8-3-4-10(12)9(7-8)11(2,14)5-6-13/h3-4,7H,5,14H2,1-2H3/t11-/m1/s1. The van der Waals surface area contributed by atoms with Crippen molar-refractivity contribution in [3.8, 4) is 6.07 Å². The van der Waals surface area contributed by atoms with Gasteiger partial charge in [0.1, 0.15) is 5.82 Å². The van der Waals surface area contributed by atoms with E-state index in [0.717, 1.165) is 5.56 Å². The molecule has 0 fully saturated rings. The molecule has 74 valence electrons. The zero-order valence-electron chi connectivity index (χ0n) is 8.34. The van der Waals surface area contributed by atoms with Crippen molar-refractivity contribution in [3.05, 3.63) is 35.1 Å². The van der Waals surface area contributed by atoms with Gasteiger partial charge in [0.25, 0.3) is 0 Å². The molecule has 0 unspecified atom stereocenters. The van der Waals surface area contributed by atoms with E-state index in [-0.39, 0.29) is 12.2 Å². The molecule has 1 rings (SSSR count). The van der Waals surface area contributed by atoms with E-state index in [0.29, 0.717) is 5.56 Å². The van der Waals surface area contributed by atoms with Crippen molar-refractivity contribution >= 4 is 0 Å². The zero-order chi connectivity index (χ0) is 10.8.